The predicted molar refractivity (Wildman–Crippen MR) is 106 cm³/mol. The minimum Gasteiger partial charge on any atom is -0.419 e. The quantitative estimate of drug-likeness (QED) is 0.630. The fourth-order valence-corrected chi connectivity index (χ4v) is 3.65. The lowest BCUT2D eigenvalue weighted by Gasteiger charge is -2.31. The number of amides is 1. The van der Waals surface area contributed by atoms with Crippen molar-refractivity contribution in [2.24, 2.45) is 0 Å². The maximum absolute atomic E-state index is 12.7. The van der Waals surface area contributed by atoms with Gasteiger partial charge in [0.25, 0.3) is 5.89 Å². The van der Waals surface area contributed by atoms with Crippen LogP contribution in [-0.4, -0.2) is 39.1 Å². The highest BCUT2D eigenvalue weighted by Gasteiger charge is 2.28. The Morgan fingerprint density at radius 2 is 2.07 bits per heavy atom. The molecular formula is C20H18Cl2N4O2. The summed E-state index contributed by atoms with van der Waals surface area (Å²) in [4.78, 5) is 18.8. The molecular weight excluding hydrogens is 399 g/mol. The van der Waals surface area contributed by atoms with Crippen molar-refractivity contribution in [3.63, 3.8) is 0 Å². The summed E-state index contributed by atoms with van der Waals surface area (Å²) in [5, 5.41) is 9.23. The highest BCUT2D eigenvalue weighted by molar-refractivity contribution is 6.42. The fraction of sp³-hybridized carbons (Fsp3) is 0.300. The second-order valence-corrected chi connectivity index (χ2v) is 7.58. The Labute approximate surface area is 172 Å². The van der Waals surface area contributed by atoms with Crippen LogP contribution in [0, 0.1) is 0 Å². The zero-order chi connectivity index (χ0) is 19.5. The van der Waals surface area contributed by atoms with Crippen LogP contribution in [0.5, 0.6) is 0 Å². The molecule has 1 amide bonds. The van der Waals surface area contributed by atoms with E-state index in [1.165, 1.54) is 0 Å². The molecule has 0 bridgehead atoms. The van der Waals surface area contributed by atoms with Gasteiger partial charge in [0.05, 0.1) is 22.4 Å². The minimum absolute atomic E-state index is 0.0245. The number of hydrogen-bond donors (Lipinski definition) is 0. The smallest absolute Gasteiger partial charge is 0.266 e. The van der Waals surface area contributed by atoms with Gasteiger partial charge in [-0.3, -0.25) is 9.78 Å². The monoisotopic (exact) mass is 416 g/mol. The molecule has 8 heteroatoms. The van der Waals surface area contributed by atoms with Crippen LogP contribution in [0.15, 0.2) is 47.0 Å². The Morgan fingerprint density at radius 3 is 2.86 bits per heavy atom. The van der Waals surface area contributed by atoms with E-state index in [2.05, 4.69) is 15.2 Å². The summed E-state index contributed by atoms with van der Waals surface area (Å²) in [6, 6.07) is 10.8. The van der Waals surface area contributed by atoms with Crippen LogP contribution in [0.2, 0.25) is 10.0 Å². The first kappa shape index (κ1) is 18.9. The normalized spacial score (nSPS) is 16.9. The Kier molecular flexibility index (Phi) is 5.59. The molecule has 2 aromatic heterocycles. The van der Waals surface area contributed by atoms with Gasteiger partial charge in [-0.2, -0.15) is 0 Å². The average molecular weight is 417 g/mol. The Balaban J connectivity index is 1.43. The van der Waals surface area contributed by atoms with E-state index in [1.807, 2.05) is 29.2 Å². The fourth-order valence-electron chi connectivity index (χ4n) is 3.33. The Bertz CT molecular complexity index is 977. The van der Waals surface area contributed by atoms with Crippen molar-refractivity contribution in [3.05, 3.63) is 64.1 Å². The van der Waals surface area contributed by atoms with Gasteiger partial charge in [-0.25, -0.2) is 0 Å². The SMILES string of the molecule is O=C(Cc1ccc(Cl)c(Cl)c1)N1CCCC(c2nnc(-c3ccccn3)o2)C1. The van der Waals surface area contributed by atoms with E-state index in [9.17, 15) is 4.79 Å². The molecule has 1 unspecified atom stereocenters. The van der Waals surface area contributed by atoms with Crippen LogP contribution in [0.1, 0.15) is 30.2 Å². The molecule has 28 heavy (non-hydrogen) atoms. The second kappa shape index (κ2) is 8.29. The molecule has 0 saturated carbocycles. The summed E-state index contributed by atoms with van der Waals surface area (Å²) >= 11 is 12.0. The molecule has 1 aliphatic heterocycles. The molecule has 1 fully saturated rings. The number of carbonyl (C=O) groups excluding carboxylic acids is 1. The molecule has 0 spiro atoms. The molecule has 3 heterocycles. The summed E-state index contributed by atoms with van der Waals surface area (Å²) in [6.07, 6.45) is 3.76. The second-order valence-electron chi connectivity index (χ2n) is 6.76. The van der Waals surface area contributed by atoms with Gasteiger partial charge >= 0.3 is 0 Å². The van der Waals surface area contributed by atoms with Crippen molar-refractivity contribution < 1.29 is 9.21 Å². The third-order valence-corrected chi connectivity index (χ3v) is 5.53. The first-order chi connectivity index (χ1) is 13.6. The number of likely N-dealkylation sites (tertiary alicyclic amines) is 1. The van der Waals surface area contributed by atoms with Gasteiger partial charge in [-0.05, 0) is 42.7 Å². The van der Waals surface area contributed by atoms with Crippen molar-refractivity contribution in [1.29, 1.82) is 0 Å². The van der Waals surface area contributed by atoms with E-state index in [4.69, 9.17) is 27.6 Å². The zero-order valence-corrected chi connectivity index (χ0v) is 16.5. The Morgan fingerprint density at radius 1 is 1.18 bits per heavy atom. The summed E-state index contributed by atoms with van der Waals surface area (Å²) < 4.78 is 5.83. The maximum Gasteiger partial charge on any atom is 0.266 e. The molecule has 3 aromatic rings. The van der Waals surface area contributed by atoms with Crippen LogP contribution < -0.4 is 0 Å². The van der Waals surface area contributed by atoms with Gasteiger partial charge in [0.15, 0.2) is 0 Å². The molecule has 1 saturated heterocycles. The van der Waals surface area contributed by atoms with Crippen molar-refractivity contribution >= 4 is 29.1 Å². The predicted octanol–water partition coefficient (Wildman–Crippen LogP) is 4.39. The molecule has 1 aromatic carbocycles. The summed E-state index contributed by atoms with van der Waals surface area (Å²) in [6.45, 7) is 1.28. The number of hydrogen-bond acceptors (Lipinski definition) is 5. The van der Waals surface area contributed by atoms with Crippen molar-refractivity contribution in [1.82, 2.24) is 20.1 Å². The Hall–Kier alpha value is -2.44. The van der Waals surface area contributed by atoms with Crippen LogP contribution in [-0.2, 0) is 11.2 Å². The minimum atomic E-state index is 0.0245. The van der Waals surface area contributed by atoms with Crippen molar-refractivity contribution in [2.75, 3.05) is 13.1 Å². The molecule has 1 atom stereocenters. The van der Waals surface area contributed by atoms with Gasteiger partial charge in [0, 0.05) is 19.3 Å². The largest absolute Gasteiger partial charge is 0.419 e. The highest BCUT2D eigenvalue weighted by atomic mass is 35.5. The van der Waals surface area contributed by atoms with E-state index in [0.717, 1.165) is 24.9 Å². The van der Waals surface area contributed by atoms with E-state index in [-0.39, 0.29) is 18.2 Å². The van der Waals surface area contributed by atoms with Crippen molar-refractivity contribution in [2.45, 2.75) is 25.2 Å². The number of benzene rings is 1. The third-order valence-electron chi connectivity index (χ3n) is 4.79. The number of pyridine rings is 1. The zero-order valence-electron chi connectivity index (χ0n) is 15.0. The number of piperidine rings is 1. The number of aromatic nitrogens is 3. The summed E-state index contributed by atoms with van der Waals surface area (Å²) in [7, 11) is 0. The highest BCUT2D eigenvalue weighted by Crippen LogP contribution is 2.29. The molecule has 144 valence electrons. The molecule has 1 aliphatic rings. The first-order valence-electron chi connectivity index (χ1n) is 9.06. The topological polar surface area (TPSA) is 72.1 Å². The van der Waals surface area contributed by atoms with Crippen molar-refractivity contribution in [3.8, 4) is 11.6 Å². The number of nitrogens with zero attached hydrogens (tertiary/aromatic N) is 4. The number of rotatable bonds is 4. The van der Waals surface area contributed by atoms with Crippen LogP contribution >= 0.6 is 23.2 Å². The van der Waals surface area contributed by atoms with Gasteiger partial charge in [0.1, 0.15) is 5.69 Å². The van der Waals surface area contributed by atoms with E-state index in [0.29, 0.717) is 34.1 Å². The van der Waals surface area contributed by atoms with Gasteiger partial charge < -0.3 is 9.32 Å². The molecule has 0 aliphatic carbocycles. The summed E-state index contributed by atoms with van der Waals surface area (Å²) in [5.74, 6) is 1.02. The van der Waals surface area contributed by atoms with Gasteiger partial charge in [-0.15, -0.1) is 10.2 Å². The van der Waals surface area contributed by atoms with E-state index < -0.39 is 0 Å². The average Bonchev–Trinajstić information content (AvgIpc) is 3.22. The lowest BCUT2D eigenvalue weighted by Crippen LogP contribution is -2.40. The van der Waals surface area contributed by atoms with Gasteiger partial charge in [-0.1, -0.05) is 35.3 Å². The maximum atomic E-state index is 12.7. The first-order valence-corrected chi connectivity index (χ1v) is 9.82. The van der Waals surface area contributed by atoms with E-state index >= 15 is 0 Å². The molecule has 6 nitrogen and oxygen atoms in total. The molecule has 4 rings (SSSR count). The summed E-state index contributed by atoms with van der Waals surface area (Å²) in [5.41, 5.74) is 1.49. The number of carbonyl (C=O) groups is 1. The van der Waals surface area contributed by atoms with Crippen LogP contribution in [0.25, 0.3) is 11.6 Å². The van der Waals surface area contributed by atoms with Crippen LogP contribution in [0.3, 0.4) is 0 Å². The van der Waals surface area contributed by atoms with E-state index in [1.54, 1.807) is 18.3 Å². The molecule has 0 radical (unpaired) electrons. The van der Waals surface area contributed by atoms with Crippen LogP contribution in [0.4, 0.5) is 0 Å². The lowest BCUT2D eigenvalue weighted by atomic mass is 9.97. The number of halogens is 2. The molecule has 0 N–H and O–H groups in total. The lowest BCUT2D eigenvalue weighted by molar-refractivity contribution is -0.131. The van der Waals surface area contributed by atoms with Gasteiger partial charge in [0.2, 0.25) is 11.8 Å². The standard InChI is InChI=1S/C20H18Cl2N4O2/c21-15-7-6-13(10-16(15)22)11-18(27)26-9-3-4-14(12-26)19-24-25-20(28-19)17-5-1-2-8-23-17/h1-2,5-8,10,14H,3-4,9,11-12H2. The third kappa shape index (κ3) is 4.18.